The third kappa shape index (κ3) is 3.25. The van der Waals surface area contributed by atoms with Gasteiger partial charge in [0.05, 0.1) is 42.4 Å². The number of ether oxygens (including phenoxy) is 1. The molecule has 2 aromatic heterocycles. The number of aryl methyl sites for hydroxylation is 1. The topological polar surface area (TPSA) is 63.2 Å². The summed E-state index contributed by atoms with van der Waals surface area (Å²) in [6.07, 6.45) is 2.99. The van der Waals surface area contributed by atoms with E-state index in [4.69, 9.17) is 4.74 Å². The summed E-state index contributed by atoms with van der Waals surface area (Å²) < 4.78 is 32.9. The predicted molar refractivity (Wildman–Crippen MR) is 111 cm³/mol. The molecule has 2 aliphatic heterocycles. The van der Waals surface area contributed by atoms with Crippen molar-refractivity contribution in [3.05, 3.63) is 53.4 Å². The highest BCUT2D eigenvalue weighted by Gasteiger charge is 2.44. The van der Waals surface area contributed by atoms with Gasteiger partial charge in [0.25, 0.3) is 0 Å². The van der Waals surface area contributed by atoms with Gasteiger partial charge in [-0.3, -0.25) is 4.98 Å². The van der Waals surface area contributed by atoms with E-state index in [1.54, 1.807) is 0 Å². The highest BCUT2D eigenvalue weighted by molar-refractivity contribution is 5.92. The fourth-order valence-corrected chi connectivity index (χ4v) is 4.35. The van der Waals surface area contributed by atoms with Crippen LogP contribution in [0.1, 0.15) is 30.6 Å². The number of halogens is 2. The molecule has 0 bridgehead atoms. The van der Waals surface area contributed by atoms with Gasteiger partial charge < -0.3 is 15.0 Å². The molecule has 0 amide bonds. The number of hydrogen-bond acceptors (Lipinski definition) is 6. The molecule has 6 nitrogen and oxygen atoms in total. The highest BCUT2D eigenvalue weighted by atomic mass is 19.1. The Balaban J connectivity index is 1.48. The van der Waals surface area contributed by atoms with Crippen LogP contribution in [0.4, 0.5) is 20.3 Å². The fraction of sp³-hybridized carbons (Fsp3) is 0.409. The van der Waals surface area contributed by atoms with Crippen LogP contribution >= 0.6 is 0 Å². The van der Waals surface area contributed by atoms with Crippen molar-refractivity contribution in [3.8, 4) is 0 Å². The zero-order valence-corrected chi connectivity index (χ0v) is 17.0. The normalized spacial score (nSPS) is 18.6. The molecule has 1 aromatic carbocycles. The Morgan fingerprint density at radius 2 is 2.03 bits per heavy atom. The predicted octanol–water partition coefficient (Wildman–Crippen LogP) is 4.01. The van der Waals surface area contributed by atoms with Crippen molar-refractivity contribution in [2.45, 2.75) is 26.3 Å². The van der Waals surface area contributed by atoms with Crippen LogP contribution in [-0.4, -0.2) is 41.5 Å². The molecule has 30 heavy (non-hydrogen) atoms. The molecule has 2 saturated heterocycles. The molecule has 0 saturated carbocycles. The summed E-state index contributed by atoms with van der Waals surface area (Å²) in [6, 6.07) is 5.23. The quantitative estimate of drug-likeness (QED) is 0.700. The summed E-state index contributed by atoms with van der Waals surface area (Å²) in [7, 11) is 0. The maximum Gasteiger partial charge on any atom is 0.158 e. The number of nitrogens with zero attached hydrogens (tertiary/aromatic N) is 4. The zero-order chi connectivity index (χ0) is 20.9. The Hall–Kier alpha value is -2.87. The molecule has 5 rings (SSSR count). The Morgan fingerprint density at radius 1 is 1.20 bits per heavy atom. The van der Waals surface area contributed by atoms with Crippen molar-refractivity contribution in [1.29, 1.82) is 0 Å². The Bertz CT molecular complexity index is 1120. The van der Waals surface area contributed by atoms with Crippen molar-refractivity contribution in [3.63, 3.8) is 0 Å². The average molecular weight is 411 g/mol. The van der Waals surface area contributed by atoms with Crippen LogP contribution in [0.5, 0.6) is 0 Å². The lowest BCUT2D eigenvalue weighted by Gasteiger charge is -2.37. The molecule has 8 heteroatoms. The number of hydrogen-bond donors (Lipinski definition) is 1. The number of nitrogens with one attached hydrogen (secondary N) is 1. The number of anilines is 2. The first kappa shape index (κ1) is 19.1. The van der Waals surface area contributed by atoms with E-state index < -0.39 is 17.7 Å². The second kappa shape index (κ2) is 7.12. The molecule has 156 valence electrons. The van der Waals surface area contributed by atoms with E-state index in [-0.39, 0.29) is 5.41 Å². The number of rotatable bonds is 4. The van der Waals surface area contributed by atoms with Crippen LogP contribution in [0.15, 0.2) is 30.5 Å². The molecule has 2 fully saturated rings. The summed E-state index contributed by atoms with van der Waals surface area (Å²) in [4.78, 5) is 6.98. The van der Waals surface area contributed by atoms with Gasteiger partial charge in [-0.25, -0.2) is 8.78 Å². The van der Waals surface area contributed by atoms with Crippen LogP contribution < -0.4 is 10.2 Å². The second-order valence-electron chi connectivity index (χ2n) is 8.42. The first-order valence-electron chi connectivity index (χ1n) is 10.1. The highest BCUT2D eigenvalue weighted by Crippen LogP contribution is 2.40. The van der Waals surface area contributed by atoms with Gasteiger partial charge in [0.1, 0.15) is 11.6 Å². The van der Waals surface area contributed by atoms with Crippen molar-refractivity contribution < 1.29 is 13.5 Å². The Labute approximate surface area is 173 Å². The van der Waals surface area contributed by atoms with E-state index in [0.29, 0.717) is 11.4 Å². The minimum atomic E-state index is -0.599. The van der Waals surface area contributed by atoms with Crippen LogP contribution in [0.25, 0.3) is 10.9 Å². The van der Waals surface area contributed by atoms with Crippen molar-refractivity contribution >= 4 is 22.4 Å². The van der Waals surface area contributed by atoms with E-state index in [1.165, 1.54) is 12.1 Å². The van der Waals surface area contributed by atoms with Crippen LogP contribution in [0.2, 0.25) is 0 Å². The molecule has 2 aliphatic rings. The molecular formula is C22H23F2N5O. The van der Waals surface area contributed by atoms with Gasteiger partial charge in [-0.05, 0) is 32.4 Å². The van der Waals surface area contributed by atoms with Gasteiger partial charge in [0.2, 0.25) is 0 Å². The average Bonchev–Trinajstić information content (AvgIpc) is 3.16. The molecule has 1 atom stereocenters. The monoisotopic (exact) mass is 411 g/mol. The molecule has 1 N–H and O–H groups in total. The van der Waals surface area contributed by atoms with Crippen molar-refractivity contribution in [2.24, 2.45) is 5.41 Å². The molecule has 1 spiro atoms. The Morgan fingerprint density at radius 3 is 2.73 bits per heavy atom. The lowest BCUT2D eigenvalue weighted by atomic mass is 9.85. The summed E-state index contributed by atoms with van der Waals surface area (Å²) in [5.74, 6) is -0.663. The molecule has 0 aliphatic carbocycles. The maximum absolute atomic E-state index is 14.2. The minimum absolute atomic E-state index is 0.275. The number of aromatic nitrogens is 3. The third-order valence-corrected chi connectivity index (χ3v) is 6.17. The molecular weight excluding hydrogens is 388 g/mol. The van der Waals surface area contributed by atoms with Gasteiger partial charge in [-0.2, -0.15) is 5.10 Å². The summed E-state index contributed by atoms with van der Waals surface area (Å²) in [5.41, 5.74) is 3.15. The van der Waals surface area contributed by atoms with Crippen LogP contribution in [0, 0.1) is 24.0 Å². The lowest BCUT2D eigenvalue weighted by molar-refractivity contribution is -0.0985. The second-order valence-corrected chi connectivity index (χ2v) is 8.42. The first-order valence-corrected chi connectivity index (χ1v) is 10.1. The molecule has 3 aromatic rings. The van der Waals surface area contributed by atoms with Gasteiger partial charge in [-0.1, -0.05) is 6.07 Å². The summed E-state index contributed by atoms with van der Waals surface area (Å²) in [6.45, 7) is 7.24. The van der Waals surface area contributed by atoms with Crippen molar-refractivity contribution in [2.75, 3.05) is 36.5 Å². The first-order chi connectivity index (χ1) is 14.4. The minimum Gasteiger partial charge on any atom is -0.380 e. The molecule has 0 radical (unpaired) electrons. The largest absolute Gasteiger partial charge is 0.380 e. The van der Waals surface area contributed by atoms with E-state index in [0.717, 1.165) is 61.1 Å². The summed E-state index contributed by atoms with van der Waals surface area (Å²) >= 11 is 0. The van der Waals surface area contributed by atoms with E-state index >= 15 is 0 Å². The van der Waals surface area contributed by atoms with Gasteiger partial charge in [-0.15, -0.1) is 5.10 Å². The molecule has 0 unspecified atom stereocenters. The fourth-order valence-electron chi connectivity index (χ4n) is 4.35. The zero-order valence-electron chi connectivity index (χ0n) is 17.0. The van der Waals surface area contributed by atoms with Crippen molar-refractivity contribution in [1.82, 2.24) is 15.2 Å². The number of pyridine rings is 1. The SMILES string of the molecule is Cc1nnc(N[C@H](C)c2ccc(F)cc2F)c2cc(N3CCC4(COC4)C3)cnc12. The van der Waals surface area contributed by atoms with E-state index in [1.807, 2.05) is 20.0 Å². The number of fused-ring (bicyclic) bond motifs is 1. The smallest absolute Gasteiger partial charge is 0.158 e. The molecule has 4 heterocycles. The Kier molecular flexibility index (Phi) is 4.54. The summed E-state index contributed by atoms with van der Waals surface area (Å²) in [5, 5.41) is 12.6. The number of benzene rings is 1. The standard InChI is InChI=1S/C22H23F2N5O/c1-13(17-4-3-15(23)7-19(17)24)26-21-18-8-16(9-25-20(18)14(2)27-28-21)29-6-5-22(10-29)11-30-12-22/h3-4,7-9,13H,5-6,10-12H2,1-2H3,(H,26,28)/t13-/m1/s1. The van der Waals surface area contributed by atoms with Gasteiger partial charge in [0.15, 0.2) is 5.82 Å². The van der Waals surface area contributed by atoms with Gasteiger partial charge >= 0.3 is 0 Å². The van der Waals surface area contributed by atoms with Crippen LogP contribution in [0.3, 0.4) is 0 Å². The maximum atomic E-state index is 14.2. The lowest BCUT2D eigenvalue weighted by Crippen LogP contribution is -2.44. The van der Waals surface area contributed by atoms with E-state index in [9.17, 15) is 8.78 Å². The third-order valence-electron chi connectivity index (χ3n) is 6.17. The van der Waals surface area contributed by atoms with Gasteiger partial charge in [0, 0.05) is 35.5 Å². The van der Waals surface area contributed by atoms with E-state index in [2.05, 4.69) is 31.5 Å². The van der Waals surface area contributed by atoms with Crippen LogP contribution in [-0.2, 0) is 4.74 Å².